The maximum Gasteiger partial charge on any atom is 0.287 e. The normalized spacial score (nSPS) is 10.8. The van der Waals surface area contributed by atoms with E-state index < -0.39 is 0 Å². The minimum atomic E-state index is -0.261. The molecule has 3 rings (SSSR count). The number of aryl methyl sites for hydroxylation is 1. The molecule has 0 bridgehead atoms. The van der Waals surface area contributed by atoms with Crippen LogP contribution in [0.3, 0.4) is 0 Å². The van der Waals surface area contributed by atoms with E-state index in [2.05, 4.69) is 10.4 Å². The van der Waals surface area contributed by atoms with Gasteiger partial charge in [0, 0.05) is 36.4 Å². The Labute approximate surface area is 115 Å². The number of nitrogen functional groups attached to an aromatic ring is 1. The standard InChI is InChI=1S/C14H14N4O2/c1-18-8-9(7-17-18)6-16-14(19)13-5-10-4-11(15)2-3-12(10)20-13/h2-5,7-8H,6,15H2,1H3,(H,16,19). The summed E-state index contributed by atoms with van der Waals surface area (Å²) in [5.74, 6) is 0.0121. The van der Waals surface area contributed by atoms with Crippen molar-refractivity contribution in [3.05, 3.63) is 48.0 Å². The highest BCUT2D eigenvalue weighted by atomic mass is 16.3. The van der Waals surface area contributed by atoms with Crippen molar-refractivity contribution < 1.29 is 9.21 Å². The highest BCUT2D eigenvalue weighted by Crippen LogP contribution is 2.21. The molecule has 0 aliphatic rings. The zero-order valence-corrected chi connectivity index (χ0v) is 11.0. The van der Waals surface area contributed by atoms with Crippen molar-refractivity contribution in [2.45, 2.75) is 6.54 Å². The van der Waals surface area contributed by atoms with E-state index in [9.17, 15) is 4.79 Å². The molecule has 20 heavy (non-hydrogen) atoms. The number of fused-ring (bicyclic) bond motifs is 1. The third-order valence-corrected chi connectivity index (χ3v) is 2.98. The minimum absolute atomic E-state index is 0.261. The number of furan rings is 1. The fraction of sp³-hybridized carbons (Fsp3) is 0.143. The van der Waals surface area contributed by atoms with Gasteiger partial charge in [-0.3, -0.25) is 9.48 Å². The molecule has 2 heterocycles. The molecule has 0 saturated heterocycles. The smallest absolute Gasteiger partial charge is 0.287 e. The monoisotopic (exact) mass is 270 g/mol. The molecular weight excluding hydrogens is 256 g/mol. The summed E-state index contributed by atoms with van der Waals surface area (Å²) >= 11 is 0. The van der Waals surface area contributed by atoms with E-state index in [1.807, 2.05) is 13.2 Å². The van der Waals surface area contributed by atoms with Gasteiger partial charge in [0.15, 0.2) is 5.76 Å². The lowest BCUT2D eigenvalue weighted by Crippen LogP contribution is -2.21. The molecule has 0 unspecified atom stereocenters. The molecule has 0 spiro atoms. The Balaban J connectivity index is 1.75. The highest BCUT2D eigenvalue weighted by molar-refractivity contribution is 5.96. The molecule has 6 nitrogen and oxygen atoms in total. The highest BCUT2D eigenvalue weighted by Gasteiger charge is 2.12. The topological polar surface area (TPSA) is 86.1 Å². The van der Waals surface area contributed by atoms with Gasteiger partial charge in [0.1, 0.15) is 5.58 Å². The first-order chi connectivity index (χ1) is 9.61. The SMILES string of the molecule is Cn1cc(CNC(=O)c2cc3cc(N)ccc3o2)cn1. The zero-order valence-electron chi connectivity index (χ0n) is 11.0. The largest absolute Gasteiger partial charge is 0.451 e. The van der Waals surface area contributed by atoms with E-state index in [4.69, 9.17) is 10.2 Å². The van der Waals surface area contributed by atoms with E-state index in [0.717, 1.165) is 10.9 Å². The molecule has 1 amide bonds. The van der Waals surface area contributed by atoms with Crippen LogP contribution in [0.25, 0.3) is 11.0 Å². The second-order valence-electron chi connectivity index (χ2n) is 4.61. The van der Waals surface area contributed by atoms with E-state index in [-0.39, 0.29) is 11.7 Å². The van der Waals surface area contributed by atoms with Gasteiger partial charge in [-0.15, -0.1) is 0 Å². The predicted octanol–water partition coefficient (Wildman–Crippen LogP) is 1.68. The lowest BCUT2D eigenvalue weighted by molar-refractivity contribution is 0.0925. The Bertz CT molecular complexity index is 772. The first-order valence-electron chi connectivity index (χ1n) is 6.16. The van der Waals surface area contributed by atoms with Gasteiger partial charge in [-0.25, -0.2) is 0 Å². The number of benzene rings is 1. The van der Waals surface area contributed by atoms with Crippen LogP contribution in [0.15, 0.2) is 41.1 Å². The maximum atomic E-state index is 12.0. The Morgan fingerprint density at radius 2 is 2.30 bits per heavy atom. The van der Waals surface area contributed by atoms with Crippen molar-refractivity contribution in [3.8, 4) is 0 Å². The number of nitrogens with two attached hydrogens (primary N) is 1. The van der Waals surface area contributed by atoms with Gasteiger partial charge in [0.2, 0.25) is 0 Å². The van der Waals surface area contributed by atoms with Crippen LogP contribution in [-0.2, 0) is 13.6 Å². The fourth-order valence-electron chi connectivity index (χ4n) is 2.01. The summed E-state index contributed by atoms with van der Waals surface area (Å²) in [7, 11) is 1.83. The Kier molecular flexibility index (Phi) is 2.90. The van der Waals surface area contributed by atoms with Gasteiger partial charge < -0.3 is 15.5 Å². The molecule has 0 radical (unpaired) electrons. The number of carbonyl (C=O) groups is 1. The van der Waals surface area contributed by atoms with Crippen LogP contribution in [0.2, 0.25) is 0 Å². The summed E-state index contributed by atoms with van der Waals surface area (Å²) < 4.78 is 7.18. The van der Waals surface area contributed by atoms with Crippen LogP contribution >= 0.6 is 0 Å². The van der Waals surface area contributed by atoms with Gasteiger partial charge in [0.25, 0.3) is 5.91 Å². The first-order valence-corrected chi connectivity index (χ1v) is 6.16. The Morgan fingerprint density at radius 3 is 3.05 bits per heavy atom. The maximum absolute atomic E-state index is 12.0. The number of rotatable bonds is 3. The fourth-order valence-corrected chi connectivity index (χ4v) is 2.01. The molecule has 0 saturated carbocycles. The molecule has 0 aliphatic carbocycles. The van der Waals surface area contributed by atoms with Crippen LogP contribution < -0.4 is 11.1 Å². The second-order valence-corrected chi connectivity index (χ2v) is 4.61. The van der Waals surface area contributed by atoms with Gasteiger partial charge in [-0.05, 0) is 24.3 Å². The van der Waals surface area contributed by atoms with Crippen molar-refractivity contribution in [2.75, 3.05) is 5.73 Å². The van der Waals surface area contributed by atoms with Crippen LogP contribution in [0.5, 0.6) is 0 Å². The molecule has 3 N–H and O–H groups in total. The van der Waals surface area contributed by atoms with Crippen LogP contribution in [0.4, 0.5) is 5.69 Å². The molecule has 0 aliphatic heterocycles. The Hall–Kier alpha value is -2.76. The van der Waals surface area contributed by atoms with Gasteiger partial charge in [-0.2, -0.15) is 5.10 Å². The molecule has 6 heteroatoms. The van der Waals surface area contributed by atoms with Crippen LogP contribution in [0.1, 0.15) is 16.1 Å². The third-order valence-electron chi connectivity index (χ3n) is 2.98. The molecule has 1 aromatic carbocycles. The third kappa shape index (κ3) is 2.35. The molecular formula is C14H14N4O2. The summed E-state index contributed by atoms with van der Waals surface area (Å²) in [6.07, 6.45) is 3.55. The number of hydrogen-bond acceptors (Lipinski definition) is 4. The second kappa shape index (κ2) is 4.73. The number of aromatic nitrogens is 2. The number of anilines is 1. The van der Waals surface area contributed by atoms with E-state index in [0.29, 0.717) is 17.8 Å². The van der Waals surface area contributed by atoms with Crippen molar-refractivity contribution in [1.82, 2.24) is 15.1 Å². The van der Waals surface area contributed by atoms with Crippen molar-refractivity contribution in [3.63, 3.8) is 0 Å². The first kappa shape index (κ1) is 12.3. The van der Waals surface area contributed by atoms with Gasteiger partial charge in [-0.1, -0.05) is 0 Å². The predicted molar refractivity (Wildman–Crippen MR) is 75.0 cm³/mol. The minimum Gasteiger partial charge on any atom is -0.451 e. The summed E-state index contributed by atoms with van der Waals surface area (Å²) in [5.41, 5.74) is 7.91. The van der Waals surface area contributed by atoms with Crippen molar-refractivity contribution >= 4 is 22.6 Å². The summed E-state index contributed by atoms with van der Waals surface area (Å²) in [4.78, 5) is 12.0. The Morgan fingerprint density at radius 1 is 1.45 bits per heavy atom. The average Bonchev–Trinajstić information content (AvgIpc) is 3.01. The average molecular weight is 270 g/mol. The molecule has 102 valence electrons. The molecule has 3 aromatic rings. The summed E-state index contributed by atoms with van der Waals surface area (Å²) in [6.45, 7) is 0.409. The summed E-state index contributed by atoms with van der Waals surface area (Å²) in [6, 6.07) is 6.95. The molecule has 2 aromatic heterocycles. The lowest BCUT2D eigenvalue weighted by atomic mass is 10.2. The van der Waals surface area contributed by atoms with E-state index >= 15 is 0 Å². The number of nitrogens with zero attached hydrogens (tertiary/aromatic N) is 2. The molecule has 0 fully saturated rings. The van der Waals surface area contributed by atoms with E-state index in [1.165, 1.54) is 0 Å². The number of carbonyl (C=O) groups excluding carboxylic acids is 1. The molecule has 0 atom stereocenters. The zero-order chi connectivity index (χ0) is 14.1. The van der Waals surface area contributed by atoms with Crippen molar-refractivity contribution in [1.29, 1.82) is 0 Å². The van der Waals surface area contributed by atoms with Gasteiger partial charge in [0.05, 0.1) is 6.20 Å². The van der Waals surface area contributed by atoms with Crippen molar-refractivity contribution in [2.24, 2.45) is 7.05 Å². The van der Waals surface area contributed by atoms with E-state index in [1.54, 1.807) is 35.1 Å². The lowest BCUT2D eigenvalue weighted by Gasteiger charge is -1.99. The summed E-state index contributed by atoms with van der Waals surface area (Å²) in [5, 5.41) is 7.64. The number of amides is 1. The number of nitrogens with one attached hydrogen (secondary N) is 1. The van der Waals surface area contributed by atoms with Crippen LogP contribution in [-0.4, -0.2) is 15.7 Å². The quantitative estimate of drug-likeness (QED) is 0.709. The van der Waals surface area contributed by atoms with Gasteiger partial charge >= 0.3 is 0 Å². The van der Waals surface area contributed by atoms with Crippen LogP contribution in [0, 0.1) is 0 Å². The number of hydrogen-bond donors (Lipinski definition) is 2.